The van der Waals surface area contributed by atoms with Crippen molar-refractivity contribution in [1.29, 1.82) is 0 Å². The van der Waals surface area contributed by atoms with Gasteiger partial charge in [-0.2, -0.15) is 4.31 Å². The number of nitrogens with zero attached hydrogens (tertiary/aromatic N) is 2. The molecule has 6 nitrogen and oxygen atoms in total. The highest BCUT2D eigenvalue weighted by Gasteiger charge is 2.29. The summed E-state index contributed by atoms with van der Waals surface area (Å²) in [4.78, 5) is 3.83. The number of hydrogen-bond acceptors (Lipinski definition) is 3. The van der Waals surface area contributed by atoms with Gasteiger partial charge in [-0.3, -0.25) is 0 Å². The third-order valence-corrected chi connectivity index (χ3v) is 7.31. The fraction of sp³-hybridized carbons (Fsp3) is 0.450. The Morgan fingerprint density at radius 3 is 2.43 bits per heavy atom. The molecule has 1 aliphatic rings. The van der Waals surface area contributed by atoms with E-state index in [0.29, 0.717) is 31.1 Å². The van der Waals surface area contributed by atoms with Gasteiger partial charge in [-0.25, -0.2) is 8.42 Å². The molecule has 28 heavy (non-hydrogen) atoms. The molecular weight excluding hydrogens is 392 g/mol. The molecule has 2 aromatic rings. The number of piperazine rings is 1. The Kier molecular flexibility index (Phi) is 6.87. The van der Waals surface area contributed by atoms with E-state index in [1.807, 2.05) is 30.3 Å². The quantitative estimate of drug-likeness (QED) is 0.527. The van der Waals surface area contributed by atoms with Gasteiger partial charge in [0.15, 0.2) is 5.11 Å². The average Bonchev–Trinajstić information content (AvgIpc) is 2.70. The molecule has 0 unspecified atom stereocenters. The summed E-state index contributed by atoms with van der Waals surface area (Å²) in [6.45, 7) is 4.04. The summed E-state index contributed by atoms with van der Waals surface area (Å²) in [5.74, 6) is 0. The molecule has 0 bridgehead atoms. The highest BCUT2D eigenvalue weighted by molar-refractivity contribution is 7.89. The smallest absolute Gasteiger partial charge is 0.243 e. The Hall–Kier alpha value is -1.74. The van der Waals surface area contributed by atoms with Gasteiger partial charge in [0.2, 0.25) is 10.0 Å². The summed E-state index contributed by atoms with van der Waals surface area (Å²) in [6, 6.07) is 13.1. The number of sulfonamides is 1. The normalized spacial score (nSPS) is 15.9. The molecule has 0 saturated carbocycles. The average molecular weight is 422 g/mol. The van der Waals surface area contributed by atoms with Gasteiger partial charge < -0.3 is 15.1 Å². The van der Waals surface area contributed by atoms with Crippen LogP contribution in [0.15, 0.2) is 47.4 Å². The molecule has 0 radical (unpaired) electrons. The second-order valence-electron chi connectivity index (χ2n) is 7.44. The van der Waals surface area contributed by atoms with Crippen LogP contribution in [-0.2, 0) is 10.0 Å². The van der Waals surface area contributed by atoms with Crippen LogP contribution in [0.3, 0.4) is 0 Å². The lowest BCUT2D eigenvalue weighted by Gasteiger charge is -2.35. The molecule has 1 aliphatic heterocycles. The van der Waals surface area contributed by atoms with E-state index in [2.05, 4.69) is 24.3 Å². The first kappa shape index (κ1) is 21.0. The fourth-order valence-electron chi connectivity index (χ4n) is 3.36. The lowest BCUT2D eigenvalue weighted by atomic mass is 10.1. The lowest BCUT2D eigenvalue weighted by Crippen LogP contribution is -3.05. The monoisotopic (exact) mass is 421 g/mol. The molecule has 0 atom stereocenters. The van der Waals surface area contributed by atoms with Crippen molar-refractivity contribution in [3.8, 4) is 0 Å². The minimum atomic E-state index is -3.49. The second-order valence-corrected chi connectivity index (χ2v) is 9.77. The summed E-state index contributed by atoms with van der Waals surface area (Å²) in [5, 5.41) is 5.99. The second kappa shape index (κ2) is 9.17. The summed E-state index contributed by atoms with van der Waals surface area (Å²) in [5.41, 5.74) is 0. The van der Waals surface area contributed by atoms with Gasteiger partial charge in [-0.1, -0.05) is 30.3 Å². The van der Waals surface area contributed by atoms with Crippen LogP contribution in [0.2, 0.25) is 0 Å². The van der Waals surface area contributed by atoms with E-state index in [-0.39, 0.29) is 0 Å². The van der Waals surface area contributed by atoms with E-state index in [1.165, 1.54) is 4.90 Å². The Balaban J connectivity index is 1.58. The number of fused-ring (bicyclic) bond motifs is 1. The molecule has 1 fully saturated rings. The van der Waals surface area contributed by atoms with Crippen LogP contribution in [0, 0.1) is 0 Å². The minimum absolute atomic E-state index is 0.353. The number of quaternary nitrogens is 1. The maximum absolute atomic E-state index is 13.0. The number of benzene rings is 2. The van der Waals surface area contributed by atoms with Crippen molar-refractivity contribution in [2.75, 3.05) is 53.4 Å². The Morgan fingerprint density at radius 1 is 1.07 bits per heavy atom. The Labute approximate surface area is 173 Å². The Morgan fingerprint density at radius 2 is 1.75 bits per heavy atom. The zero-order valence-electron chi connectivity index (χ0n) is 16.5. The van der Waals surface area contributed by atoms with E-state index in [4.69, 9.17) is 12.2 Å². The molecular formula is C20H29N4O2S2+. The van der Waals surface area contributed by atoms with Crippen LogP contribution < -0.4 is 10.2 Å². The number of nitrogens with one attached hydrogen (secondary N) is 2. The van der Waals surface area contributed by atoms with Crippen molar-refractivity contribution < 1.29 is 13.3 Å². The molecule has 0 spiro atoms. The molecule has 0 aliphatic carbocycles. The number of thiocarbonyl (C=S) groups is 1. The highest BCUT2D eigenvalue weighted by Crippen LogP contribution is 2.22. The lowest BCUT2D eigenvalue weighted by molar-refractivity contribution is -0.858. The van der Waals surface area contributed by atoms with Crippen LogP contribution in [0.4, 0.5) is 0 Å². The van der Waals surface area contributed by atoms with Crippen molar-refractivity contribution in [3.63, 3.8) is 0 Å². The van der Waals surface area contributed by atoms with E-state index < -0.39 is 10.0 Å². The van der Waals surface area contributed by atoms with Crippen molar-refractivity contribution in [2.45, 2.75) is 11.3 Å². The van der Waals surface area contributed by atoms with Crippen molar-refractivity contribution in [1.82, 2.24) is 14.5 Å². The largest absolute Gasteiger partial charge is 0.362 e. The highest BCUT2D eigenvalue weighted by atomic mass is 32.2. The SMILES string of the molecule is C[NH+](C)CCCNC(=S)N1CCN(S(=O)(=O)c2ccc3ccccc3c2)CC1. The minimum Gasteiger partial charge on any atom is -0.362 e. The van der Waals surface area contributed by atoms with E-state index >= 15 is 0 Å². The molecule has 3 rings (SSSR count). The molecule has 8 heteroatoms. The maximum Gasteiger partial charge on any atom is 0.243 e. The van der Waals surface area contributed by atoms with E-state index in [1.54, 1.807) is 16.4 Å². The predicted molar refractivity (Wildman–Crippen MR) is 117 cm³/mol. The van der Waals surface area contributed by atoms with Gasteiger partial charge in [0.1, 0.15) is 0 Å². The van der Waals surface area contributed by atoms with Gasteiger partial charge in [-0.15, -0.1) is 0 Å². The first-order valence-corrected chi connectivity index (χ1v) is 11.5. The predicted octanol–water partition coefficient (Wildman–Crippen LogP) is 0.555. The van der Waals surface area contributed by atoms with E-state index in [9.17, 15) is 8.42 Å². The zero-order valence-corrected chi connectivity index (χ0v) is 18.2. The van der Waals surface area contributed by atoms with Crippen molar-refractivity contribution >= 4 is 38.1 Å². The van der Waals surface area contributed by atoms with E-state index in [0.717, 1.165) is 35.4 Å². The van der Waals surface area contributed by atoms with Crippen LogP contribution in [-0.4, -0.2) is 76.1 Å². The van der Waals surface area contributed by atoms with Crippen LogP contribution in [0.25, 0.3) is 10.8 Å². The van der Waals surface area contributed by atoms with Crippen LogP contribution in [0.5, 0.6) is 0 Å². The van der Waals surface area contributed by atoms with Gasteiger partial charge >= 0.3 is 0 Å². The van der Waals surface area contributed by atoms with Crippen molar-refractivity contribution in [3.05, 3.63) is 42.5 Å². The van der Waals surface area contributed by atoms with Crippen LogP contribution >= 0.6 is 12.2 Å². The summed E-state index contributed by atoms with van der Waals surface area (Å²) < 4.78 is 27.6. The zero-order chi connectivity index (χ0) is 20.1. The van der Waals surface area contributed by atoms with Gasteiger partial charge in [0.25, 0.3) is 0 Å². The summed E-state index contributed by atoms with van der Waals surface area (Å²) in [7, 11) is 0.772. The molecule has 2 N–H and O–H groups in total. The maximum atomic E-state index is 13.0. The van der Waals surface area contributed by atoms with Gasteiger partial charge in [0.05, 0.1) is 25.5 Å². The first-order chi connectivity index (χ1) is 13.4. The molecule has 2 aromatic carbocycles. The number of hydrogen-bond donors (Lipinski definition) is 2. The molecule has 1 saturated heterocycles. The van der Waals surface area contributed by atoms with Crippen LogP contribution in [0.1, 0.15) is 6.42 Å². The van der Waals surface area contributed by atoms with Crippen molar-refractivity contribution in [2.24, 2.45) is 0 Å². The first-order valence-electron chi connectivity index (χ1n) is 9.69. The Bertz CT molecular complexity index is 923. The van der Waals surface area contributed by atoms with Gasteiger partial charge in [0, 0.05) is 39.1 Å². The third kappa shape index (κ3) is 5.00. The fourth-order valence-corrected chi connectivity index (χ4v) is 5.10. The summed E-state index contributed by atoms with van der Waals surface area (Å²) in [6.07, 6.45) is 1.05. The number of rotatable bonds is 6. The van der Waals surface area contributed by atoms with Gasteiger partial charge in [-0.05, 0) is 35.1 Å². The topological polar surface area (TPSA) is 57.1 Å². The standard InChI is InChI=1S/C20H28N4O2S2/c1-22(2)11-5-10-21-20(27)23-12-14-24(15-13-23)28(25,26)19-9-8-17-6-3-4-7-18(17)16-19/h3-4,6-9,16H,5,10-15H2,1-2H3,(H,21,27)/p+1. The molecule has 1 heterocycles. The molecule has 0 aromatic heterocycles. The molecule has 152 valence electrons. The third-order valence-electron chi connectivity index (χ3n) is 5.01. The summed E-state index contributed by atoms with van der Waals surface area (Å²) >= 11 is 5.47. The molecule has 0 amide bonds.